The van der Waals surface area contributed by atoms with Crippen molar-refractivity contribution in [1.29, 1.82) is 0 Å². The van der Waals surface area contributed by atoms with Gasteiger partial charge in [-0.15, -0.1) is 6.42 Å². The van der Waals surface area contributed by atoms with Crippen LogP contribution < -0.4 is 15.8 Å². The number of aromatic nitrogens is 2. The number of rotatable bonds is 9. The molecule has 0 radical (unpaired) electrons. The van der Waals surface area contributed by atoms with Gasteiger partial charge in [0.05, 0.1) is 17.4 Å². The topological polar surface area (TPSA) is 115 Å². The fourth-order valence-electron chi connectivity index (χ4n) is 4.16. The SMILES string of the molecule is C#CCN(Cc1cc2c(=O)[nH]c(C)nc2cc1C)c1ccc(C(=O)c2ccccc2NCC(=O)O)cc1. The van der Waals surface area contributed by atoms with Gasteiger partial charge in [0, 0.05) is 29.0 Å². The third-order valence-corrected chi connectivity index (χ3v) is 6.02. The molecule has 1 aromatic heterocycles. The van der Waals surface area contributed by atoms with E-state index in [9.17, 15) is 14.4 Å². The van der Waals surface area contributed by atoms with Crippen LogP contribution >= 0.6 is 0 Å². The molecule has 4 aromatic rings. The Labute approximate surface area is 214 Å². The van der Waals surface area contributed by atoms with Crippen molar-refractivity contribution >= 4 is 34.0 Å². The molecule has 0 spiro atoms. The summed E-state index contributed by atoms with van der Waals surface area (Å²) in [5.41, 5.74) is 4.52. The van der Waals surface area contributed by atoms with Crippen molar-refractivity contribution < 1.29 is 14.7 Å². The lowest BCUT2D eigenvalue weighted by Crippen LogP contribution is -2.24. The summed E-state index contributed by atoms with van der Waals surface area (Å²) in [4.78, 5) is 45.7. The second-order valence-corrected chi connectivity index (χ2v) is 8.68. The van der Waals surface area contributed by atoms with E-state index in [1.54, 1.807) is 43.3 Å². The van der Waals surface area contributed by atoms with E-state index in [0.29, 0.717) is 46.6 Å². The van der Waals surface area contributed by atoms with Gasteiger partial charge in [0.2, 0.25) is 0 Å². The molecule has 0 amide bonds. The number of H-pyrrole nitrogens is 1. The van der Waals surface area contributed by atoms with Crippen LogP contribution in [0.15, 0.2) is 65.5 Å². The standard InChI is InChI=1S/C29H26N4O4/c1-4-13-33(17-21-15-24-26(14-18(21)2)31-19(3)32-29(24)37)22-11-9-20(10-12-22)28(36)23-7-5-6-8-25(23)30-16-27(34)35/h1,5-12,14-15,30H,13,16-17H2,2-3H3,(H,34,35)(H,31,32,37). The van der Waals surface area contributed by atoms with Crippen molar-refractivity contribution in [3.63, 3.8) is 0 Å². The summed E-state index contributed by atoms with van der Waals surface area (Å²) in [6.07, 6.45) is 5.65. The maximum absolute atomic E-state index is 13.2. The average Bonchev–Trinajstić information content (AvgIpc) is 2.87. The molecule has 37 heavy (non-hydrogen) atoms. The van der Waals surface area contributed by atoms with E-state index in [0.717, 1.165) is 16.8 Å². The summed E-state index contributed by atoms with van der Waals surface area (Å²) in [6.45, 7) is 4.22. The van der Waals surface area contributed by atoms with Crippen molar-refractivity contribution in [2.45, 2.75) is 20.4 Å². The Morgan fingerprint density at radius 1 is 1.11 bits per heavy atom. The zero-order chi connectivity index (χ0) is 26.5. The molecule has 0 saturated heterocycles. The smallest absolute Gasteiger partial charge is 0.322 e. The highest BCUT2D eigenvalue weighted by molar-refractivity contribution is 6.12. The number of benzene rings is 3. The van der Waals surface area contributed by atoms with Crippen LogP contribution in [0.5, 0.6) is 0 Å². The van der Waals surface area contributed by atoms with E-state index in [2.05, 4.69) is 21.2 Å². The normalized spacial score (nSPS) is 10.6. The molecule has 8 heteroatoms. The van der Waals surface area contributed by atoms with Crippen LogP contribution in [-0.4, -0.2) is 39.9 Å². The first-order valence-corrected chi connectivity index (χ1v) is 11.6. The number of aliphatic carboxylic acids is 1. The van der Waals surface area contributed by atoms with Gasteiger partial charge in [0.25, 0.3) is 5.56 Å². The highest BCUT2D eigenvalue weighted by Gasteiger charge is 2.16. The number of aryl methyl sites for hydroxylation is 2. The minimum atomic E-state index is -1.02. The van der Waals surface area contributed by atoms with Gasteiger partial charge < -0.3 is 20.3 Å². The predicted molar refractivity (Wildman–Crippen MR) is 144 cm³/mol. The van der Waals surface area contributed by atoms with Crippen LogP contribution in [0.2, 0.25) is 0 Å². The van der Waals surface area contributed by atoms with Crippen LogP contribution in [0.1, 0.15) is 32.9 Å². The Balaban J connectivity index is 1.60. The van der Waals surface area contributed by atoms with Gasteiger partial charge in [0.15, 0.2) is 5.78 Å². The van der Waals surface area contributed by atoms with Gasteiger partial charge in [-0.2, -0.15) is 0 Å². The lowest BCUT2D eigenvalue weighted by molar-refractivity contribution is -0.134. The van der Waals surface area contributed by atoms with Crippen LogP contribution in [0.4, 0.5) is 11.4 Å². The number of carbonyl (C=O) groups is 2. The number of carboxylic acid groups (broad SMARTS) is 1. The number of carbonyl (C=O) groups excluding carboxylic acids is 1. The molecule has 0 saturated carbocycles. The second-order valence-electron chi connectivity index (χ2n) is 8.68. The molecule has 0 bridgehead atoms. The summed E-state index contributed by atoms with van der Waals surface area (Å²) in [6, 6.07) is 17.6. The molecule has 1 heterocycles. The summed E-state index contributed by atoms with van der Waals surface area (Å²) in [7, 11) is 0. The lowest BCUT2D eigenvalue weighted by atomic mass is 10.0. The first-order valence-electron chi connectivity index (χ1n) is 11.6. The van der Waals surface area contributed by atoms with Crippen LogP contribution in [0, 0.1) is 26.2 Å². The maximum atomic E-state index is 13.2. The molecule has 3 N–H and O–H groups in total. The number of aromatic amines is 1. The largest absolute Gasteiger partial charge is 0.480 e. The Morgan fingerprint density at radius 2 is 1.84 bits per heavy atom. The first kappa shape index (κ1) is 25.2. The lowest BCUT2D eigenvalue weighted by Gasteiger charge is -2.24. The summed E-state index contributed by atoms with van der Waals surface area (Å²) in [5.74, 6) is 2.00. The van der Waals surface area contributed by atoms with Crippen LogP contribution in [-0.2, 0) is 11.3 Å². The summed E-state index contributed by atoms with van der Waals surface area (Å²) < 4.78 is 0. The number of carboxylic acids is 1. The van der Waals surface area contributed by atoms with Gasteiger partial charge in [-0.05, 0) is 73.5 Å². The number of terminal acetylenes is 1. The van der Waals surface area contributed by atoms with Gasteiger partial charge in [-0.1, -0.05) is 18.1 Å². The van der Waals surface area contributed by atoms with Crippen molar-refractivity contribution in [1.82, 2.24) is 9.97 Å². The van der Waals surface area contributed by atoms with Gasteiger partial charge >= 0.3 is 5.97 Å². The number of para-hydroxylation sites is 1. The third-order valence-electron chi connectivity index (χ3n) is 6.02. The molecule has 8 nitrogen and oxygen atoms in total. The number of hydrogen-bond donors (Lipinski definition) is 3. The molecule has 4 rings (SSSR count). The Morgan fingerprint density at radius 3 is 2.54 bits per heavy atom. The molecule has 0 aliphatic rings. The maximum Gasteiger partial charge on any atom is 0.322 e. The molecule has 3 aromatic carbocycles. The van der Waals surface area contributed by atoms with Gasteiger partial charge in [-0.3, -0.25) is 14.4 Å². The van der Waals surface area contributed by atoms with Crippen molar-refractivity contribution in [2.75, 3.05) is 23.3 Å². The number of nitrogens with one attached hydrogen (secondary N) is 2. The van der Waals surface area contributed by atoms with E-state index >= 15 is 0 Å². The molecule has 0 fully saturated rings. The zero-order valence-electron chi connectivity index (χ0n) is 20.5. The minimum absolute atomic E-state index is 0.187. The van der Waals surface area contributed by atoms with Crippen molar-refractivity contribution in [3.8, 4) is 12.3 Å². The fraction of sp³-hybridized carbons (Fsp3) is 0.172. The van der Waals surface area contributed by atoms with E-state index < -0.39 is 5.97 Å². The Bertz CT molecular complexity index is 1580. The quantitative estimate of drug-likeness (QED) is 0.239. The molecule has 0 aliphatic heterocycles. The number of fused-ring (bicyclic) bond motifs is 1. The van der Waals surface area contributed by atoms with Gasteiger partial charge in [-0.25, -0.2) is 4.98 Å². The number of anilines is 2. The molecule has 0 unspecified atom stereocenters. The Kier molecular flexibility index (Phi) is 7.35. The second kappa shape index (κ2) is 10.8. The van der Waals surface area contributed by atoms with E-state index in [1.165, 1.54) is 0 Å². The number of hydrogen-bond acceptors (Lipinski definition) is 6. The van der Waals surface area contributed by atoms with Crippen molar-refractivity contribution in [2.24, 2.45) is 0 Å². The monoisotopic (exact) mass is 494 g/mol. The summed E-state index contributed by atoms with van der Waals surface area (Å²) in [5, 5.41) is 12.3. The van der Waals surface area contributed by atoms with Crippen LogP contribution in [0.3, 0.4) is 0 Å². The molecular formula is C29H26N4O4. The third kappa shape index (κ3) is 5.68. The summed E-state index contributed by atoms with van der Waals surface area (Å²) >= 11 is 0. The highest BCUT2D eigenvalue weighted by atomic mass is 16.4. The van der Waals surface area contributed by atoms with Crippen molar-refractivity contribution in [3.05, 3.63) is 99.1 Å². The van der Waals surface area contributed by atoms with E-state index in [1.807, 2.05) is 36.1 Å². The van der Waals surface area contributed by atoms with Gasteiger partial charge in [0.1, 0.15) is 12.4 Å². The molecular weight excluding hydrogens is 468 g/mol. The fourth-order valence-corrected chi connectivity index (χ4v) is 4.16. The molecule has 0 atom stereocenters. The van der Waals surface area contributed by atoms with Crippen LogP contribution in [0.25, 0.3) is 10.9 Å². The average molecular weight is 495 g/mol. The number of ketones is 1. The molecule has 186 valence electrons. The first-order chi connectivity index (χ1) is 17.8. The molecule has 0 aliphatic carbocycles. The minimum Gasteiger partial charge on any atom is -0.480 e. The highest BCUT2D eigenvalue weighted by Crippen LogP contribution is 2.24. The zero-order valence-corrected chi connectivity index (χ0v) is 20.5. The van der Waals surface area contributed by atoms with E-state index in [-0.39, 0.29) is 17.9 Å². The predicted octanol–water partition coefficient (Wildman–Crippen LogP) is 3.91. The number of nitrogens with zero attached hydrogens (tertiary/aromatic N) is 2. The van der Waals surface area contributed by atoms with E-state index in [4.69, 9.17) is 11.5 Å². The Hall–Kier alpha value is -4.90.